The summed E-state index contributed by atoms with van der Waals surface area (Å²) < 4.78 is 25.5. The van der Waals surface area contributed by atoms with Crippen LogP contribution in [0.3, 0.4) is 0 Å². The van der Waals surface area contributed by atoms with Crippen molar-refractivity contribution in [3.8, 4) is 0 Å². The molecule has 0 heterocycles. The molecular formula is C10H12F2N2O. The Kier molecular flexibility index (Phi) is 4.17. The molecule has 1 aromatic rings. The van der Waals surface area contributed by atoms with E-state index in [4.69, 9.17) is 0 Å². The summed E-state index contributed by atoms with van der Waals surface area (Å²) in [6.07, 6.45) is 0. The minimum Gasteiger partial charge on any atom is -0.351 e. The Morgan fingerprint density at radius 2 is 1.80 bits per heavy atom. The average Bonchev–Trinajstić information content (AvgIpc) is 2.16. The van der Waals surface area contributed by atoms with Crippen molar-refractivity contribution in [3.05, 3.63) is 35.4 Å². The highest BCUT2D eigenvalue weighted by molar-refractivity contribution is 5.94. The van der Waals surface area contributed by atoms with Gasteiger partial charge in [0.05, 0.1) is 0 Å². The van der Waals surface area contributed by atoms with E-state index in [1.807, 2.05) is 0 Å². The van der Waals surface area contributed by atoms with Gasteiger partial charge in [0.15, 0.2) is 0 Å². The predicted octanol–water partition coefficient (Wildman–Crippen LogP) is 0.914. The number of hydrogen-bond donors (Lipinski definition) is 2. The molecule has 0 saturated carbocycles. The van der Waals surface area contributed by atoms with E-state index < -0.39 is 17.5 Å². The lowest BCUT2D eigenvalue weighted by atomic mass is 10.2. The molecule has 82 valence electrons. The number of nitrogens with one attached hydrogen (secondary N) is 2. The molecule has 0 aliphatic heterocycles. The normalized spacial score (nSPS) is 10.1. The largest absolute Gasteiger partial charge is 0.351 e. The molecule has 0 spiro atoms. The van der Waals surface area contributed by atoms with Crippen LogP contribution >= 0.6 is 0 Å². The van der Waals surface area contributed by atoms with E-state index >= 15 is 0 Å². The maximum Gasteiger partial charge on any atom is 0.251 e. The molecule has 0 radical (unpaired) electrons. The molecule has 1 aromatic carbocycles. The summed E-state index contributed by atoms with van der Waals surface area (Å²) in [6.45, 7) is 1.01. The summed E-state index contributed by atoms with van der Waals surface area (Å²) >= 11 is 0. The Balaban J connectivity index is 2.65. The van der Waals surface area contributed by atoms with Crippen molar-refractivity contribution >= 4 is 5.91 Å². The smallest absolute Gasteiger partial charge is 0.251 e. The number of carbonyl (C=O) groups is 1. The number of likely N-dealkylation sites (N-methyl/N-ethyl adjacent to an activating group) is 1. The van der Waals surface area contributed by atoms with E-state index in [0.29, 0.717) is 13.1 Å². The van der Waals surface area contributed by atoms with Gasteiger partial charge in [0, 0.05) is 24.7 Å². The van der Waals surface area contributed by atoms with E-state index in [0.717, 1.165) is 18.2 Å². The number of hydrogen-bond acceptors (Lipinski definition) is 2. The third-order valence-electron chi connectivity index (χ3n) is 1.79. The van der Waals surface area contributed by atoms with Gasteiger partial charge < -0.3 is 10.6 Å². The first-order valence-corrected chi connectivity index (χ1v) is 4.52. The Morgan fingerprint density at radius 3 is 2.33 bits per heavy atom. The Labute approximate surface area is 86.5 Å². The van der Waals surface area contributed by atoms with Crippen molar-refractivity contribution in [2.24, 2.45) is 0 Å². The summed E-state index contributed by atoms with van der Waals surface area (Å²) in [4.78, 5) is 11.4. The van der Waals surface area contributed by atoms with Gasteiger partial charge in [0.1, 0.15) is 11.6 Å². The zero-order valence-corrected chi connectivity index (χ0v) is 8.31. The summed E-state index contributed by atoms with van der Waals surface area (Å²) in [5, 5.41) is 5.35. The molecule has 2 N–H and O–H groups in total. The van der Waals surface area contributed by atoms with Gasteiger partial charge in [-0.25, -0.2) is 8.78 Å². The highest BCUT2D eigenvalue weighted by Gasteiger charge is 2.07. The summed E-state index contributed by atoms with van der Waals surface area (Å²) in [5.74, 6) is -1.99. The second kappa shape index (κ2) is 5.41. The van der Waals surface area contributed by atoms with E-state index in [2.05, 4.69) is 10.6 Å². The van der Waals surface area contributed by atoms with Gasteiger partial charge in [0.25, 0.3) is 5.91 Å². The van der Waals surface area contributed by atoms with E-state index in [1.54, 1.807) is 7.05 Å². The average molecular weight is 214 g/mol. The van der Waals surface area contributed by atoms with Gasteiger partial charge in [-0.05, 0) is 19.2 Å². The summed E-state index contributed by atoms with van der Waals surface area (Å²) in [5.41, 5.74) is -0.0106. The van der Waals surface area contributed by atoms with Crippen LogP contribution in [0.1, 0.15) is 10.4 Å². The number of amides is 1. The standard InChI is InChI=1S/C10H12F2N2O/c1-13-2-3-14-10(15)7-4-8(11)6-9(12)5-7/h4-6,13H,2-3H2,1H3,(H,14,15). The van der Waals surface area contributed by atoms with Gasteiger partial charge in [-0.1, -0.05) is 0 Å². The van der Waals surface area contributed by atoms with Crippen molar-refractivity contribution in [2.75, 3.05) is 20.1 Å². The topological polar surface area (TPSA) is 41.1 Å². The molecule has 0 aliphatic carbocycles. The third kappa shape index (κ3) is 3.63. The minimum atomic E-state index is -0.756. The van der Waals surface area contributed by atoms with Crippen LogP contribution < -0.4 is 10.6 Å². The predicted molar refractivity (Wildman–Crippen MR) is 52.6 cm³/mol. The maximum atomic E-state index is 12.7. The van der Waals surface area contributed by atoms with Crippen LogP contribution in [0.2, 0.25) is 0 Å². The molecule has 0 aromatic heterocycles. The molecule has 3 nitrogen and oxygen atoms in total. The van der Waals surface area contributed by atoms with E-state index in [9.17, 15) is 13.6 Å². The quantitative estimate of drug-likeness (QED) is 0.731. The highest BCUT2D eigenvalue weighted by Crippen LogP contribution is 2.07. The van der Waals surface area contributed by atoms with Gasteiger partial charge in [-0.3, -0.25) is 4.79 Å². The summed E-state index contributed by atoms with van der Waals surface area (Å²) in [6, 6.07) is 2.72. The molecule has 5 heteroatoms. The maximum absolute atomic E-state index is 12.7. The monoisotopic (exact) mass is 214 g/mol. The highest BCUT2D eigenvalue weighted by atomic mass is 19.1. The van der Waals surface area contributed by atoms with Crippen molar-refractivity contribution < 1.29 is 13.6 Å². The van der Waals surface area contributed by atoms with Crippen LogP contribution in [-0.4, -0.2) is 26.0 Å². The molecule has 1 amide bonds. The van der Waals surface area contributed by atoms with Crippen molar-refractivity contribution in [2.45, 2.75) is 0 Å². The van der Waals surface area contributed by atoms with Gasteiger partial charge in [-0.15, -0.1) is 0 Å². The van der Waals surface area contributed by atoms with Gasteiger partial charge in [-0.2, -0.15) is 0 Å². The lowest BCUT2D eigenvalue weighted by molar-refractivity contribution is 0.0953. The van der Waals surface area contributed by atoms with Crippen molar-refractivity contribution in [1.82, 2.24) is 10.6 Å². The lowest BCUT2D eigenvalue weighted by Gasteiger charge is -2.04. The molecule has 15 heavy (non-hydrogen) atoms. The molecule has 1 rings (SSSR count). The lowest BCUT2D eigenvalue weighted by Crippen LogP contribution is -2.30. The summed E-state index contributed by atoms with van der Waals surface area (Å²) in [7, 11) is 1.74. The molecular weight excluding hydrogens is 202 g/mol. The van der Waals surface area contributed by atoms with Crippen LogP contribution in [0.25, 0.3) is 0 Å². The minimum absolute atomic E-state index is 0.0106. The van der Waals surface area contributed by atoms with Crippen LogP contribution in [0.15, 0.2) is 18.2 Å². The molecule has 0 bridgehead atoms. The van der Waals surface area contributed by atoms with Crippen molar-refractivity contribution in [3.63, 3.8) is 0 Å². The number of halogens is 2. The van der Waals surface area contributed by atoms with Crippen LogP contribution in [0.5, 0.6) is 0 Å². The van der Waals surface area contributed by atoms with Gasteiger partial charge >= 0.3 is 0 Å². The van der Waals surface area contributed by atoms with E-state index in [1.165, 1.54) is 0 Å². The SMILES string of the molecule is CNCCNC(=O)c1cc(F)cc(F)c1. The molecule has 0 fully saturated rings. The fourth-order valence-corrected chi connectivity index (χ4v) is 1.09. The third-order valence-corrected chi connectivity index (χ3v) is 1.79. The Bertz CT molecular complexity index is 335. The number of carbonyl (C=O) groups excluding carboxylic acids is 1. The second-order valence-electron chi connectivity index (χ2n) is 3.02. The number of rotatable bonds is 4. The van der Waals surface area contributed by atoms with Crippen LogP contribution in [0, 0.1) is 11.6 Å². The Morgan fingerprint density at radius 1 is 1.20 bits per heavy atom. The first kappa shape index (κ1) is 11.6. The Hall–Kier alpha value is -1.49. The molecule has 0 atom stereocenters. The first-order chi connectivity index (χ1) is 7.13. The zero-order valence-electron chi connectivity index (χ0n) is 8.31. The molecule has 0 aliphatic rings. The van der Waals surface area contributed by atoms with Crippen LogP contribution in [0.4, 0.5) is 8.78 Å². The van der Waals surface area contributed by atoms with Crippen LogP contribution in [-0.2, 0) is 0 Å². The first-order valence-electron chi connectivity index (χ1n) is 4.52. The van der Waals surface area contributed by atoms with Crippen molar-refractivity contribution in [1.29, 1.82) is 0 Å². The molecule has 0 saturated heterocycles. The molecule has 0 unspecified atom stereocenters. The fraction of sp³-hybridized carbons (Fsp3) is 0.300. The fourth-order valence-electron chi connectivity index (χ4n) is 1.09. The zero-order chi connectivity index (χ0) is 11.3. The van der Waals surface area contributed by atoms with E-state index in [-0.39, 0.29) is 5.56 Å². The second-order valence-corrected chi connectivity index (χ2v) is 3.02. The van der Waals surface area contributed by atoms with Gasteiger partial charge in [0.2, 0.25) is 0 Å². The number of benzene rings is 1.